The molecule has 0 aliphatic carbocycles. The van der Waals surface area contributed by atoms with Gasteiger partial charge in [-0.15, -0.1) is 0 Å². The standard InChI is InChI=1S/C24H24FNO7S2/c1-3-34(29,30)21-6-4-5-18(14-21)22-13-17(7-12-23(22)33-16-24(27)28)15-26(2)35(31,32)20-10-8-19(25)9-11-20/h4-14H,3,15-16H2,1-2H3,(H,27,28). The molecule has 186 valence electrons. The minimum absolute atomic E-state index is 0.0567. The number of benzene rings is 3. The van der Waals surface area contributed by atoms with Crippen LogP contribution in [0, 0.1) is 5.82 Å². The summed E-state index contributed by atoms with van der Waals surface area (Å²) in [6.45, 7) is 0.860. The molecule has 11 heteroatoms. The van der Waals surface area contributed by atoms with Gasteiger partial charge >= 0.3 is 5.97 Å². The molecular formula is C24H24FNO7S2. The highest BCUT2D eigenvalue weighted by Crippen LogP contribution is 2.33. The molecule has 3 aromatic carbocycles. The average Bonchev–Trinajstić information content (AvgIpc) is 2.83. The minimum atomic E-state index is -3.91. The zero-order chi connectivity index (χ0) is 25.8. The van der Waals surface area contributed by atoms with Crippen LogP contribution >= 0.6 is 0 Å². The maximum absolute atomic E-state index is 13.2. The molecule has 0 atom stereocenters. The van der Waals surface area contributed by atoms with Crippen LogP contribution < -0.4 is 4.74 Å². The van der Waals surface area contributed by atoms with Crippen LogP contribution in [0.3, 0.4) is 0 Å². The zero-order valence-corrected chi connectivity index (χ0v) is 20.6. The van der Waals surface area contributed by atoms with Gasteiger partial charge in [0.05, 0.1) is 15.5 Å². The number of hydrogen-bond acceptors (Lipinski definition) is 6. The van der Waals surface area contributed by atoms with E-state index in [1.165, 1.54) is 44.3 Å². The predicted molar refractivity (Wildman–Crippen MR) is 128 cm³/mol. The number of carboxylic acids is 1. The van der Waals surface area contributed by atoms with Crippen molar-refractivity contribution in [2.75, 3.05) is 19.4 Å². The van der Waals surface area contributed by atoms with E-state index in [9.17, 15) is 26.0 Å². The van der Waals surface area contributed by atoms with Crippen molar-refractivity contribution in [3.63, 3.8) is 0 Å². The molecule has 0 saturated heterocycles. The minimum Gasteiger partial charge on any atom is -0.481 e. The fourth-order valence-corrected chi connectivity index (χ4v) is 5.40. The van der Waals surface area contributed by atoms with Gasteiger partial charge in [-0.2, -0.15) is 4.31 Å². The number of halogens is 1. The Morgan fingerprint density at radius 3 is 2.29 bits per heavy atom. The summed E-state index contributed by atoms with van der Waals surface area (Å²) in [5.74, 6) is -1.63. The van der Waals surface area contributed by atoms with E-state index in [0.717, 1.165) is 16.4 Å². The average molecular weight is 522 g/mol. The fourth-order valence-electron chi connectivity index (χ4n) is 3.32. The van der Waals surface area contributed by atoms with Gasteiger partial charge in [0.15, 0.2) is 16.4 Å². The Morgan fingerprint density at radius 2 is 1.66 bits per heavy atom. The maximum atomic E-state index is 13.2. The molecule has 3 aromatic rings. The van der Waals surface area contributed by atoms with Crippen LogP contribution in [0.15, 0.2) is 76.5 Å². The van der Waals surface area contributed by atoms with Gasteiger partial charge in [0, 0.05) is 19.2 Å². The van der Waals surface area contributed by atoms with E-state index in [4.69, 9.17) is 9.84 Å². The summed E-state index contributed by atoms with van der Waals surface area (Å²) in [5.41, 5.74) is 1.41. The highest BCUT2D eigenvalue weighted by atomic mass is 32.2. The van der Waals surface area contributed by atoms with E-state index < -0.39 is 38.3 Å². The van der Waals surface area contributed by atoms with Crippen molar-refractivity contribution in [2.24, 2.45) is 0 Å². The van der Waals surface area contributed by atoms with Crippen molar-refractivity contribution >= 4 is 25.8 Å². The number of sulfonamides is 1. The number of rotatable bonds is 10. The number of nitrogens with zero attached hydrogens (tertiary/aromatic N) is 1. The van der Waals surface area contributed by atoms with Crippen molar-refractivity contribution in [1.82, 2.24) is 4.31 Å². The monoisotopic (exact) mass is 521 g/mol. The Morgan fingerprint density at radius 1 is 0.971 bits per heavy atom. The van der Waals surface area contributed by atoms with E-state index in [0.29, 0.717) is 16.7 Å². The first kappa shape index (κ1) is 26.3. The molecule has 0 unspecified atom stereocenters. The maximum Gasteiger partial charge on any atom is 0.341 e. The molecule has 0 heterocycles. The largest absolute Gasteiger partial charge is 0.481 e. The van der Waals surface area contributed by atoms with Gasteiger partial charge in [-0.25, -0.2) is 26.0 Å². The topological polar surface area (TPSA) is 118 Å². The molecule has 0 radical (unpaired) electrons. The molecule has 0 bridgehead atoms. The first-order valence-corrected chi connectivity index (χ1v) is 13.6. The SMILES string of the molecule is CCS(=O)(=O)c1cccc(-c2cc(CN(C)S(=O)(=O)c3ccc(F)cc3)ccc2OCC(=O)O)c1. The number of sulfone groups is 1. The van der Waals surface area contributed by atoms with E-state index in [1.807, 2.05) is 0 Å². The lowest BCUT2D eigenvalue weighted by Crippen LogP contribution is -2.26. The van der Waals surface area contributed by atoms with Crippen LogP contribution in [0.5, 0.6) is 5.75 Å². The molecule has 0 aliphatic heterocycles. The highest BCUT2D eigenvalue weighted by molar-refractivity contribution is 7.91. The van der Waals surface area contributed by atoms with Crippen LogP contribution in [-0.4, -0.2) is 51.6 Å². The van der Waals surface area contributed by atoms with Gasteiger partial charge in [-0.3, -0.25) is 0 Å². The smallest absolute Gasteiger partial charge is 0.341 e. The third-order valence-electron chi connectivity index (χ3n) is 5.21. The van der Waals surface area contributed by atoms with Crippen molar-refractivity contribution in [2.45, 2.75) is 23.3 Å². The Bertz CT molecular complexity index is 1440. The quantitative estimate of drug-likeness (QED) is 0.433. The number of aliphatic carboxylic acids is 1. The number of hydrogen-bond donors (Lipinski definition) is 1. The van der Waals surface area contributed by atoms with Crippen LogP contribution in [0.25, 0.3) is 11.1 Å². The molecule has 0 spiro atoms. The molecule has 8 nitrogen and oxygen atoms in total. The Hall–Kier alpha value is -3.28. The van der Waals surface area contributed by atoms with E-state index >= 15 is 0 Å². The van der Waals surface area contributed by atoms with E-state index in [1.54, 1.807) is 24.3 Å². The van der Waals surface area contributed by atoms with Crippen molar-refractivity contribution < 1.29 is 35.9 Å². The normalized spacial score (nSPS) is 12.0. The Labute approximate surface area is 203 Å². The second-order valence-corrected chi connectivity index (χ2v) is 12.0. The molecule has 0 fully saturated rings. The molecule has 0 aliphatic rings. The predicted octanol–water partition coefficient (Wildman–Crippen LogP) is 3.57. The number of carbonyl (C=O) groups is 1. The van der Waals surface area contributed by atoms with E-state index in [-0.39, 0.29) is 27.8 Å². The lowest BCUT2D eigenvalue weighted by atomic mass is 10.0. The zero-order valence-electron chi connectivity index (χ0n) is 19.0. The van der Waals surface area contributed by atoms with Gasteiger partial charge in [0.1, 0.15) is 11.6 Å². The summed E-state index contributed by atoms with van der Waals surface area (Å²) in [6.07, 6.45) is 0. The third kappa shape index (κ3) is 6.24. The molecule has 0 aromatic heterocycles. The van der Waals surface area contributed by atoms with Crippen LogP contribution in [0.1, 0.15) is 12.5 Å². The van der Waals surface area contributed by atoms with Crippen molar-refractivity contribution in [3.8, 4) is 16.9 Å². The summed E-state index contributed by atoms with van der Waals surface area (Å²) in [5, 5.41) is 9.01. The number of carboxylic acid groups (broad SMARTS) is 1. The van der Waals surface area contributed by atoms with Gasteiger partial charge in [0.2, 0.25) is 10.0 Å². The lowest BCUT2D eigenvalue weighted by molar-refractivity contribution is -0.139. The summed E-state index contributed by atoms with van der Waals surface area (Å²) in [6, 6.07) is 15.3. The molecule has 3 rings (SSSR count). The summed E-state index contributed by atoms with van der Waals surface area (Å²) >= 11 is 0. The Balaban J connectivity index is 2.01. The van der Waals surface area contributed by atoms with Crippen LogP contribution in [0.4, 0.5) is 4.39 Å². The summed E-state index contributed by atoms with van der Waals surface area (Å²) in [4.78, 5) is 11.1. The summed E-state index contributed by atoms with van der Waals surface area (Å²) < 4.78 is 70.2. The third-order valence-corrected chi connectivity index (χ3v) is 8.76. The molecule has 35 heavy (non-hydrogen) atoms. The highest BCUT2D eigenvalue weighted by Gasteiger charge is 2.22. The van der Waals surface area contributed by atoms with Crippen molar-refractivity contribution in [1.29, 1.82) is 0 Å². The second kappa shape index (κ2) is 10.5. The Kier molecular flexibility index (Phi) is 7.93. The van der Waals surface area contributed by atoms with Crippen molar-refractivity contribution in [3.05, 3.63) is 78.1 Å². The number of ether oxygens (including phenoxy) is 1. The molecule has 0 saturated carbocycles. The van der Waals surface area contributed by atoms with Gasteiger partial charge in [-0.05, 0) is 59.7 Å². The first-order chi connectivity index (χ1) is 16.4. The van der Waals surface area contributed by atoms with Crippen LogP contribution in [0.2, 0.25) is 0 Å². The van der Waals surface area contributed by atoms with E-state index in [2.05, 4.69) is 0 Å². The van der Waals surface area contributed by atoms with Crippen LogP contribution in [-0.2, 0) is 31.2 Å². The van der Waals surface area contributed by atoms with Gasteiger partial charge in [-0.1, -0.05) is 25.1 Å². The van der Waals surface area contributed by atoms with Gasteiger partial charge in [0.25, 0.3) is 0 Å². The molecule has 1 N–H and O–H groups in total. The summed E-state index contributed by atoms with van der Waals surface area (Å²) in [7, 11) is -6.04. The second-order valence-electron chi connectivity index (χ2n) is 7.66. The molecular weight excluding hydrogens is 497 g/mol. The first-order valence-electron chi connectivity index (χ1n) is 10.5. The lowest BCUT2D eigenvalue weighted by Gasteiger charge is -2.19. The molecule has 0 amide bonds. The van der Waals surface area contributed by atoms with Gasteiger partial charge < -0.3 is 9.84 Å². The fraction of sp³-hybridized carbons (Fsp3) is 0.208.